The Kier molecular flexibility index (Phi) is 6.70. The molecule has 3 rings (SSSR count). The van der Waals surface area contributed by atoms with Gasteiger partial charge in [0, 0.05) is 18.8 Å². The summed E-state index contributed by atoms with van der Waals surface area (Å²) in [5, 5.41) is 11.5. The number of halogens is 1. The SMILES string of the molecule is COc1ccc(F)cc1S(=O)(=O)N1CCC[C@H](C(=O)Nc2ccc(CC#N)cc2)C1. The summed E-state index contributed by atoms with van der Waals surface area (Å²) in [7, 11) is -2.70. The zero-order valence-corrected chi connectivity index (χ0v) is 17.3. The Balaban J connectivity index is 1.74. The van der Waals surface area contributed by atoms with Crippen LogP contribution >= 0.6 is 0 Å². The number of methoxy groups -OCH3 is 1. The number of piperidine rings is 1. The van der Waals surface area contributed by atoms with E-state index in [1.165, 1.54) is 17.5 Å². The maximum absolute atomic E-state index is 13.7. The van der Waals surface area contributed by atoms with Crippen LogP contribution < -0.4 is 10.1 Å². The molecule has 2 aromatic rings. The molecule has 1 saturated heterocycles. The molecule has 30 heavy (non-hydrogen) atoms. The van der Waals surface area contributed by atoms with Crippen LogP contribution in [0.1, 0.15) is 18.4 Å². The van der Waals surface area contributed by atoms with Crippen LogP contribution in [-0.2, 0) is 21.2 Å². The van der Waals surface area contributed by atoms with Gasteiger partial charge < -0.3 is 10.1 Å². The van der Waals surface area contributed by atoms with Crippen LogP contribution in [0.2, 0.25) is 0 Å². The molecule has 1 amide bonds. The standard InChI is InChI=1S/C21H22FN3O4S/c1-29-19-9-6-17(22)13-20(19)30(27,28)25-12-2-3-16(14-25)21(26)24-18-7-4-15(5-8-18)10-11-23/h4-9,13,16H,2-3,10,12,14H2,1H3,(H,24,26)/t16-/m0/s1. The number of benzene rings is 2. The number of carbonyl (C=O) groups is 1. The van der Waals surface area contributed by atoms with Gasteiger partial charge in [0.25, 0.3) is 0 Å². The Morgan fingerprint density at radius 3 is 2.70 bits per heavy atom. The van der Waals surface area contributed by atoms with Gasteiger partial charge >= 0.3 is 0 Å². The average molecular weight is 431 g/mol. The highest BCUT2D eigenvalue weighted by atomic mass is 32.2. The lowest BCUT2D eigenvalue weighted by Gasteiger charge is -2.31. The zero-order valence-electron chi connectivity index (χ0n) is 16.5. The predicted molar refractivity (Wildman–Crippen MR) is 109 cm³/mol. The van der Waals surface area contributed by atoms with Gasteiger partial charge in [-0.25, -0.2) is 12.8 Å². The van der Waals surface area contributed by atoms with E-state index in [9.17, 15) is 17.6 Å². The number of rotatable bonds is 6. The van der Waals surface area contributed by atoms with Gasteiger partial charge in [-0.1, -0.05) is 12.1 Å². The van der Waals surface area contributed by atoms with Crippen molar-refractivity contribution in [2.24, 2.45) is 5.92 Å². The van der Waals surface area contributed by atoms with Crippen LogP contribution in [0.5, 0.6) is 5.75 Å². The van der Waals surface area contributed by atoms with Gasteiger partial charge in [-0.3, -0.25) is 4.79 Å². The first-order valence-electron chi connectivity index (χ1n) is 9.45. The molecule has 158 valence electrons. The summed E-state index contributed by atoms with van der Waals surface area (Å²) >= 11 is 0. The minimum atomic E-state index is -4.02. The summed E-state index contributed by atoms with van der Waals surface area (Å²) < 4.78 is 46.1. The summed E-state index contributed by atoms with van der Waals surface area (Å²) in [6.45, 7) is 0.245. The lowest BCUT2D eigenvalue weighted by Crippen LogP contribution is -2.43. The summed E-state index contributed by atoms with van der Waals surface area (Å²) in [6.07, 6.45) is 1.34. The van der Waals surface area contributed by atoms with E-state index in [0.29, 0.717) is 18.5 Å². The van der Waals surface area contributed by atoms with E-state index in [1.807, 2.05) is 0 Å². The van der Waals surface area contributed by atoms with Gasteiger partial charge in [-0.15, -0.1) is 0 Å². The van der Waals surface area contributed by atoms with Gasteiger partial charge in [-0.05, 0) is 48.7 Å². The van der Waals surface area contributed by atoms with Crippen LogP contribution in [0.3, 0.4) is 0 Å². The Bertz CT molecular complexity index is 1060. The smallest absolute Gasteiger partial charge is 0.246 e. The van der Waals surface area contributed by atoms with Crippen molar-refractivity contribution in [1.29, 1.82) is 5.26 Å². The van der Waals surface area contributed by atoms with Crippen LogP contribution in [0, 0.1) is 23.1 Å². The second kappa shape index (κ2) is 9.24. The Morgan fingerprint density at radius 2 is 2.03 bits per heavy atom. The monoisotopic (exact) mass is 431 g/mol. The number of nitrogens with zero attached hydrogens (tertiary/aromatic N) is 2. The molecule has 0 unspecified atom stereocenters. The van der Waals surface area contributed by atoms with Crippen LogP contribution in [0.4, 0.5) is 10.1 Å². The number of carbonyl (C=O) groups excluding carboxylic acids is 1. The Labute approximate surface area is 175 Å². The Hall–Kier alpha value is -2.96. The minimum Gasteiger partial charge on any atom is -0.495 e. The molecular formula is C21H22FN3O4S. The van der Waals surface area contributed by atoms with Crippen molar-refractivity contribution in [3.63, 3.8) is 0 Å². The quantitative estimate of drug-likeness (QED) is 0.758. The number of hydrogen-bond acceptors (Lipinski definition) is 5. The highest BCUT2D eigenvalue weighted by molar-refractivity contribution is 7.89. The first-order chi connectivity index (χ1) is 14.3. The van der Waals surface area contributed by atoms with E-state index < -0.39 is 21.8 Å². The molecular weight excluding hydrogens is 409 g/mol. The van der Waals surface area contributed by atoms with Crippen LogP contribution in [0.25, 0.3) is 0 Å². The molecule has 0 aliphatic carbocycles. The molecule has 2 aromatic carbocycles. The highest BCUT2D eigenvalue weighted by Gasteiger charge is 2.35. The first kappa shape index (κ1) is 21.7. The first-order valence-corrected chi connectivity index (χ1v) is 10.9. The summed E-state index contributed by atoms with van der Waals surface area (Å²) in [5.41, 5.74) is 1.42. The van der Waals surface area contributed by atoms with Gasteiger partial charge in [0.05, 0.1) is 25.5 Å². The fraction of sp³-hybridized carbons (Fsp3) is 0.333. The molecule has 1 heterocycles. The molecule has 0 spiro atoms. The van der Waals surface area contributed by atoms with E-state index >= 15 is 0 Å². The third-order valence-corrected chi connectivity index (χ3v) is 6.89. The predicted octanol–water partition coefficient (Wildman–Crippen LogP) is 2.94. The lowest BCUT2D eigenvalue weighted by molar-refractivity contribution is -0.120. The number of nitrogens with one attached hydrogen (secondary N) is 1. The molecule has 1 N–H and O–H groups in total. The maximum Gasteiger partial charge on any atom is 0.246 e. The van der Waals surface area contributed by atoms with E-state index in [0.717, 1.165) is 17.7 Å². The van der Waals surface area contributed by atoms with E-state index in [4.69, 9.17) is 10.00 Å². The summed E-state index contributed by atoms with van der Waals surface area (Å²) in [4.78, 5) is 12.4. The Morgan fingerprint density at radius 1 is 1.30 bits per heavy atom. The van der Waals surface area contributed by atoms with Crippen LogP contribution in [0.15, 0.2) is 47.4 Å². The summed E-state index contributed by atoms with van der Waals surface area (Å²) in [6, 6.07) is 12.3. The third kappa shape index (κ3) is 4.78. The van der Waals surface area contributed by atoms with Crippen molar-refractivity contribution >= 4 is 21.6 Å². The molecule has 9 heteroatoms. The molecule has 0 saturated carbocycles. The molecule has 1 aliphatic rings. The molecule has 7 nitrogen and oxygen atoms in total. The molecule has 0 radical (unpaired) electrons. The maximum atomic E-state index is 13.7. The lowest BCUT2D eigenvalue weighted by atomic mass is 9.98. The largest absolute Gasteiger partial charge is 0.495 e. The van der Waals surface area contributed by atoms with Crippen molar-refractivity contribution in [3.05, 3.63) is 53.8 Å². The molecule has 1 aliphatic heterocycles. The van der Waals surface area contributed by atoms with Crippen LogP contribution in [-0.4, -0.2) is 38.8 Å². The fourth-order valence-electron chi connectivity index (χ4n) is 3.41. The van der Waals surface area contributed by atoms with Gasteiger partial charge in [0.1, 0.15) is 16.5 Å². The number of nitriles is 1. The molecule has 1 atom stereocenters. The van der Waals surface area contributed by atoms with E-state index in [1.54, 1.807) is 24.3 Å². The number of anilines is 1. The average Bonchev–Trinajstić information content (AvgIpc) is 2.75. The summed E-state index contributed by atoms with van der Waals surface area (Å²) in [5.74, 6) is -1.44. The zero-order chi connectivity index (χ0) is 21.7. The third-order valence-electron chi connectivity index (χ3n) is 5.00. The van der Waals surface area contributed by atoms with E-state index in [2.05, 4.69) is 11.4 Å². The van der Waals surface area contributed by atoms with Gasteiger partial charge in [0.2, 0.25) is 15.9 Å². The number of ether oxygens (including phenoxy) is 1. The normalized spacial score (nSPS) is 17.2. The number of hydrogen-bond donors (Lipinski definition) is 1. The van der Waals surface area contributed by atoms with Gasteiger partial charge in [0.15, 0.2) is 0 Å². The van der Waals surface area contributed by atoms with E-state index in [-0.39, 0.29) is 36.1 Å². The van der Waals surface area contributed by atoms with Crippen molar-refractivity contribution in [3.8, 4) is 11.8 Å². The van der Waals surface area contributed by atoms with Gasteiger partial charge in [-0.2, -0.15) is 9.57 Å². The second-order valence-corrected chi connectivity index (χ2v) is 8.92. The minimum absolute atomic E-state index is 0.000347. The number of amides is 1. The van der Waals surface area contributed by atoms with Crippen molar-refractivity contribution < 1.29 is 22.3 Å². The molecule has 0 aromatic heterocycles. The fourth-order valence-corrected chi connectivity index (χ4v) is 5.10. The molecule has 0 bridgehead atoms. The second-order valence-electron chi connectivity index (χ2n) is 7.02. The number of sulfonamides is 1. The molecule has 1 fully saturated rings. The topological polar surface area (TPSA) is 99.5 Å². The van der Waals surface area contributed by atoms with Crippen molar-refractivity contribution in [2.45, 2.75) is 24.2 Å². The highest BCUT2D eigenvalue weighted by Crippen LogP contribution is 2.30. The van der Waals surface area contributed by atoms with Crippen molar-refractivity contribution in [1.82, 2.24) is 4.31 Å². The van der Waals surface area contributed by atoms with Crippen molar-refractivity contribution in [2.75, 3.05) is 25.5 Å².